The molecule has 1 heterocycles. The second-order valence-corrected chi connectivity index (χ2v) is 6.24. The average Bonchev–Trinajstić information content (AvgIpc) is 2.70. The number of hydrogen-bond donors (Lipinski definition) is 2. The number of carboxylic acids is 1. The van der Waals surface area contributed by atoms with Gasteiger partial charge in [0.2, 0.25) is 5.91 Å². The molecule has 2 aromatic carbocycles. The maximum Gasteiger partial charge on any atom is 0.339 e. The van der Waals surface area contributed by atoms with Gasteiger partial charge in [0.05, 0.1) is 20.1 Å². The Morgan fingerprint density at radius 3 is 2.70 bits per heavy atom. The van der Waals surface area contributed by atoms with Gasteiger partial charge in [-0.3, -0.25) is 4.79 Å². The van der Waals surface area contributed by atoms with Gasteiger partial charge in [0.25, 0.3) is 0 Å². The van der Waals surface area contributed by atoms with Gasteiger partial charge < -0.3 is 24.6 Å². The Labute approximate surface area is 156 Å². The lowest BCUT2D eigenvalue weighted by Gasteiger charge is -2.25. The summed E-state index contributed by atoms with van der Waals surface area (Å²) in [6, 6.07) is 10.4. The summed E-state index contributed by atoms with van der Waals surface area (Å²) in [5.41, 5.74) is 1.70. The smallest absolute Gasteiger partial charge is 0.339 e. The van der Waals surface area contributed by atoms with Crippen molar-refractivity contribution in [3.63, 3.8) is 0 Å². The van der Waals surface area contributed by atoms with Gasteiger partial charge in [-0.05, 0) is 35.7 Å². The van der Waals surface area contributed by atoms with Gasteiger partial charge >= 0.3 is 5.97 Å². The van der Waals surface area contributed by atoms with Crippen LogP contribution in [0.15, 0.2) is 36.4 Å². The normalized spacial score (nSPS) is 15.3. The number of carbonyl (C=O) groups is 2. The van der Waals surface area contributed by atoms with Crippen LogP contribution in [0, 0.1) is 5.92 Å². The van der Waals surface area contributed by atoms with Gasteiger partial charge in [0.15, 0.2) is 0 Å². The lowest BCUT2D eigenvalue weighted by Crippen LogP contribution is -2.37. The number of hydrogen-bond acceptors (Lipinski definition) is 5. The molecule has 0 unspecified atom stereocenters. The van der Waals surface area contributed by atoms with Crippen molar-refractivity contribution in [2.75, 3.05) is 20.8 Å². The summed E-state index contributed by atoms with van der Waals surface area (Å²) >= 11 is 0. The fourth-order valence-corrected chi connectivity index (χ4v) is 3.01. The molecule has 0 fully saturated rings. The maximum absolute atomic E-state index is 12.5. The number of rotatable bonds is 6. The molecule has 1 aliphatic rings. The average molecular weight is 371 g/mol. The van der Waals surface area contributed by atoms with E-state index in [0.29, 0.717) is 17.7 Å². The number of carboxylic acid groups (broad SMARTS) is 1. The molecule has 0 aliphatic carbocycles. The summed E-state index contributed by atoms with van der Waals surface area (Å²) in [7, 11) is 3.01. The Morgan fingerprint density at radius 2 is 2.00 bits per heavy atom. The highest BCUT2D eigenvalue weighted by atomic mass is 16.5. The molecule has 0 aromatic heterocycles. The molecule has 1 atom stereocenters. The van der Waals surface area contributed by atoms with Crippen molar-refractivity contribution in [3.8, 4) is 17.2 Å². The zero-order valence-electron chi connectivity index (χ0n) is 15.2. The van der Waals surface area contributed by atoms with Crippen LogP contribution in [0.1, 0.15) is 21.5 Å². The van der Waals surface area contributed by atoms with Gasteiger partial charge in [-0.1, -0.05) is 12.1 Å². The fraction of sp³-hybridized carbons (Fsp3) is 0.300. The van der Waals surface area contributed by atoms with Crippen molar-refractivity contribution >= 4 is 11.9 Å². The minimum atomic E-state index is -1.08. The van der Waals surface area contributed by atoms with Crippen LogP contribution in [0.5, 0.6) is 17.2 Å². The largest absolute Gasteiger partial charge is 0.497 e. The fourth-order valence-electron chi connectivity index (χ4n) is 3.01. The molecule has 2 N–H and O–H groups in total. The van der Waals surface area contributed by atoms with E-state index >= 15 is 0 Å². The molecule has 2 aromatic rings. The van der Waals surface area contributed by atoms with Gasteiger partial charge in [0, 0.05) is 12.6 Å². The van der Waals surface area contributed by atoms with Crippen molar-refractivity contribution in [2.45, 2.75) is 13.0 Å². The lowest BCUT2D eigenvalue weighted by molar-refractivity contribution is -0.126. The molecule has 3 rings (SSSR count). The van der Waals surface area contributed by atoms with E-state index in [4.69, 9.17) is 14.2 Å². The zero-order chi connectivity index (χ0) is 19.4. The van der Waals surface area contributed by atoms with Gasteiger partial charge in [0.1, 0.15) is 29.4 Å². The molecule has 27 heavy (non-hydrogen) atoms. The second-order valence-electron chi connectivity index (χ2n) is 6.24. The summed E-state index contributed by atoms with van der Waals surface area (Å²) in [5, 5.41) is 12.1. The number of ether oxygens (including phenoxy) is 3. The van der Waals surface area contributed by atoms with Crippen LogP contribution in [-0.2, 0) is 17.8 Å². The van der Waals surface area contributed by atoms with Crippen LogP contribution in [0.25, 0.3) is 0 Å². The van der Waals surface area contributed by atoms with Crippen molar-refractivity contribution in [2.24, 2.45) is 5.92 Å². The van der Waals surface area contributed by atoms with E-state index in [1.165, 1.54) is 13.2 Å². The van der Waals surface area contributed by atoms with E-state index in [2.05, 4.69) is 5.32 Å². The maximum atomic E-state index is 12.5. The standard InChI is InChI=1S/C20H21NO6/c1-25-15-5-4-13-8-14(11-27-18(13)9-15)19(22)21-10-12-3-6-17(26-2)16(7-12)20(23)24/h3-7,9,14H,8,10-11H2,1-2H3,(H,21,22)(H,23,24)/t14-/m1/s1. The first kappa shape index (κ1) is 18.6. The lowest BCUT2D eigenvalue weighted by atomic mass is 9.95. The van der Waals surface area contributed by atoms with Crippen molar-refractivity contribution in [3.05, 3.63) is 53.1 Å². The Bertz CT molecular complexity index is 864. The summed E-state index contributed by atoms with van der Waals surface area (Å²) in [6.07, 6.45) is 0.578. The van der Waals surface area contributed by atoms with Crippen LogP contribution in [0.4, 0.5) is 0 Å². The van der Waals surface area contributed by atoms with Gasteiger partial charge in [-0.15, -0.1) is 0 Å². The highest BCUT2D eigenvalue weighted by molar-refractivity contribution is 5.91. The van der Waals surface area contributed by atoms with Crippen LogP contribution in [0.3, 0.4) is 0 Å². The topological polar surface area (TPSA) is 94.1 Å². The number of fused-ring (bicyclic) bond motifs is 1. The minimum Gasteiger partial charge on any atom is -0.497 e. The van der Waals surface area contributed by atoms with E-state index in [-0.39, 0.29) is 36.3 Å². The van der Waals surface area contributed by atoms with Crippen LogP contribution in [-0.4, -0.2) is 37.8 Å². The van der Waals surface area contributed by atoms with Crippen molar-refractivity contribution in [1.82, 2.24) is 5.32 Å². The predicted octanol–water partition coefficient (Wildman–Crippen LogP) is 2.27. The molecule has 0 saturated carbocycles. The number of benzene rings is 2. The molecule has 7 heteroatoms. The summed E-state index contributed by atoms with van der Waals surface area (Å²) in [4.78, 5) is 23.8. The SMILES string of the molecule is COc1ccc2c(c1)OC[C@H](C(=O)NCc1ccc(OC)c(C(=O)O)c1)C2. The second kappa shape index (κ2) is 7.99. The highest BCUT2D eigenvalue weighted by Gasteiger charge is 2.26. The molecular formula is C20H21NO6. The van der Waals surface area contributed by atoms with E-state index in [0.717, 1.165) is 11.3 Å². The first-order chi connectivity index (χ1) is 13.0. The first-order valence-electron chi connectivity index (χ1n) is 8.49. The van der Waals surface area contributed by atoms with Crippen molar-refractivity contribution in [1.29, 1.82) is 0 Å². The minimum absolute atomic E-state index is 0.0631. The Morgan fingerprint density at radius 1 is 1.19 bits per heavy atom. The molecule has 0 spiro atoms. The molecule has 7 nitrogen and oxygen atoms in total. The van der Waals surface area contributed by atoms with Gasteiger partial charge in [-0.25, -0.2) is 4.79 Å². The van der Waals surface area contributed by atoms with E-state index in [1.807, 2.05) is 18.2 Å². The number of carbonyl (C=O) groups excluding carboxylic acids is 1. The van der Waals surface area contributed by atoms with Crippen LogP contribution >= 0.6 is 0 Å². The summed E-state index contributed by atoms with van der Waals surface area (Å²) in [5.74, 6) is 0.218. The summed E-state index contributed by atoms with van der Waals surface area (Å²) in [6.45, 7) is 0.518. The number of nitrogens with one attached hydrogen (secondary N) is 1. The third kappa shape index (κ3) is 4.13. The molecule has 1 amide bonds. The number of amides is 1. The third-order valence-corrected chi connectivity index (χ3v) is 4.51. The van der Waals surface area contributed by atoms with Crippen LogP contribution < -0.4 is 19.5 Å². The first-order valence-corrected chi connectivity index (χ1v) is 8.49. The Balaban J connectivity index is 1.63. The van der Waals surface area contributed by atoms with E-state index < -0.39 is 5.97 Å². The van der Waals surface area contributed by atoms with Crippen molar-refractivity contribution < 1.29 is 28.9 Å². The molecular weight excluding hydrogens is 350 g/mol. The van der Waals surface area contributed by atoms with Crippen LogP contribution in [0.2, 0.25) is 0 Å². The number of methoxy groups -OCH3 is 2. The van der Waals surface area contributed by atoms with E-state index in [9.17, 15) is 14.7 Å². The highest BCUT2D eigenvalue weighted by Crippen LogP contribution is 2.31. The Hall–Kier alpha value is -3.22. The number of aromatic carboxylic acids is 1. The zero-order valence-corrected chi connectivity index (χ0v) is 15.2. The molecule has 0 bridgehead atoms. The molecule has 142 valence electrons. The van der Waals surface area contributed by atoms with Gasteiger partial charge in [-0.2, -0.15) is 0 Å². The third-order valence-electron chi connectivity index (χ3n) is 4.51. The van der Waals surface area contributed by atoms with E-state index in [1.54, 1.807) is 19.2 Å². The molecule has 0 saturated heterocycles. The Kier molecular flexibility index (Phi) is 5.49. The molecule has 0 radical (unpaired) electrons. The summed E-state index contributed by atoms with van der Waals surface area (Å²) < 4.78 is 15.9. The monoisotopic (exact) mass is 371 g/mol. The quantitative estimate of drug-likeness (QED) is 0.809. The molecule has 1 aliphatic heterocycles. The predicted molar refractivity (Wildman–Crippen MR) is 97.5 cm³/mol.